The zero-order valence-electron chi connectivity index (χ0n) is 12.2. The summed E-state index contributed by atoms with van der Waals surface area (Å²) in [6.45, 7) is 7.85. The largest absolute Gasteiger partial charge is 0.496 e. The highest BCUT2D eigenvalue weighted by Crippen LogP contribution is 2.33. The second-order valence-electron chi connectivity index (χ2n) is 5.23. The quantitative estimate of drug-likeness (QED) is 0.859. The summed E-state index contributed by atoms with van der Waals surface area (Å²) in [6, 6.07) is 3.76. The fraction of sp³-hybridized carbons (Fsp3) is 0.533. The number of hydrogen-bond donors (Lipinski definition) is 1. The molecule has 0 saturated heterocycles. The number of carboxylic acids is 1. The molecule has 1 aromatic rings. The van der Waals surface area contributed by atoms with Crippen LogP contribution in [0.25, 0.3) is 0 Å². The van der Waals surface area contributed by atoms with Gasteiger partial charge in [-0.15, -0.1) is 0 Å². The van der Waals surface area contributed by atoms with Crippen molar-refractivity contribution in [3.8, 4) is 11.5 Å². The lowest BCUT2D eigenvalue weighted by Crippen LogP contribution is -2.26. The third kappa shape index (κ3) is 3.63. The number of rotatable bonds is 6. The SMILES string of the molecule is CCOc1cc(CC(C)(C)C(=O)O)c(OC)cc1C. The zero-order chi connectivity index (χ0) is 14.6. The van der Waals surface area contributed by atoms with Crippen LogP contribution in [0.3, 0.4) is 0 Å². The fourth-order valence-corrected chi connectivity index (χ4v) is 1.89. The molecule has 0 aliphatic carbocycles. The number of carboxylic acid groups (broad SMARTS) is 1. The molecule has 4 nitrogen and oxygen atoms in total. The van der Waals surface area contributed by atoms with Gasteiger partial charge in [0.25, 0.3) is 0 Å². The molecule has 1 aromatic carbocycles. The Bertz CT molecular complexity index is 463. The van der Waals surface area contributed by atoms with Gasteiger partial charge in [0.15, 0.2) is 0 Å². The molecule has 0 amide bonds. The van der Waals surface area contributed by atoms with Gasteiger partial charge in [0.1, 0.15) is 11.5 Å². The van der Waals surface area contributed by atoms with Crippen LogP contribution in [-0.4, -0.2) is 24.8 Å². The maximum absolute atomic E-state index is 11.2. The molecule has 1 N–H and O–H groups in total. The Morgan fingerprint density at radius 1 is 1.32 bits per heavy atom. The third-order valence-electron chi connectivity index (χ3n) is 3.09. The normalized spacial score (nSPS) is 11.2. The van der Waals surface area contributed by atoms with Gasteiger partial charge in [0.05, 0.1) is 19.1 Å². The Labute approximate surface area is 114 Å². The van der Waals surface area contributed by atoms with E-state index in [0.29, 0.717) is 18.8 Å². The lowest BCUT2D eigenvalue weighted by atomic mass is 9.85. The Hall–Kier alpha value is -1.71. The van der Waals surface area contributed by atoms with Crippen LogP contribution in [0.5, 0.6) is 11.5 Å². The Morgan fingerprint density at radius 2 is 1.95 bits per heavy atom. The molecule has 0 aliphatic rings. The molecule has 0 fully saturated rings. The van der Waals surface area contributed by atoms with Crippen molar-refractivity contribution in [3.63, 3.8) is 0 Å². The van der Waals surface area contributed by atoms with E-state index in [4.69, 9.17) is 9.47 Å². The van der Waals surface area contributed by atoms with Gasteiger partial charge in [-0.25, -0.2) is 0 Å². The first-order valence-corrected chi connectivity index (χ1v) is 6.35. The maximum atomic E-state index is 11.2. The van der Waals surface area contributed by atoms with Crippen molar-refractivity contribution in [2.45, 2.75) is 34.1 Å². The van der Waals surface area contributed by atoms with Crippen LogP contribution in [0.1, 0.15) is 31.9 Å². The maximum Gasteiger partial charge on any atom is 0.309 e. The highest BCUT2D eigenvalue weighted by atomic mass is 16.5. The van der Waals surface area contributed by atoms with Crippen molar-refractivity contribution >= 4 is 5.97 Å². The average Bonchev–Trinajstić information content (AvgIpc) is 2.32. The lowest BCUT2D eigenvalue weighted by Gasteiger charge is -2.21. The first-order valence-electron chi connectivity index (χ1n) is 6.35. The van der Waals surface area contributed by atoms with Gasteiger partial charge in [-0.05, 0) is 57.4 Å². The van der Waals surface area contributed by atoms with Gasteiger partial charge in [-0.1, -0.05) is 0 Å². The highest BCUT2D eigenvalue weighted by Gasteiger charge is 2.29. The summed E-state index contributed by atoms with van der Waals surface area (Å²) in [4.78, 5) is 11.2. The van der Waals surface area contributed by atoms with Crippen LogP contribution in [0, 0.1) is 12.3 Å². The van der Waals surface area contributed by atoms with Gasteiger partial charge in [0.2, 0.25) is 0 Å². The molecule has 0 unspecified atom stereocenters. The van der Waals surface area contributed by atoms with Crippen molar-refractivity contribution in [1.29, 1.82) is 0 Å². The molecule has 0 bridgehead atoms. The minimum Gasteiger partial charge on any atom is -0.496 e. The van der Waals surface area contributed by atoms with Crippen LogP contribution in [0.2, 0.25) is 0 Å². The smallest absolute Gasteiger partial charge is 0.309 e. The van der Waals surface area contributed by atoms with E-state index >= 15 is 0 Å². The number of hydrogen-bond acceptors (Lipinski definition) is 3. The Morgan fingerprint density at radius 3 is 2.42 bits per heavy atom. The monoisotopic (exact) mass is 266 g/mol. The van der Waals surface area contributed by atoms with Crippen LogP contribution >= 0.6 is 0 Å². The molecule has 0 spiro atoms. The van der Waals surface area contributed by atoms with E-state index in [2.05, 4.69) is 0 Å². The minimum absolute atomic E-state index is 0.395. The van der Waals surface area contributed by atoms with Gasteiger partial charge in [0, 0.05) is 0 Å². The van der Waals surface area contributed by atoms with Gasteiger partial charge >= 0.3 is 5.97 Å². The minimum atomic E-state index is -0.841. The fourth-order valence-electron chi connectivity index (χ4n) is 1.89. The van der Waals surface area contributed by atoms with E-state index in [0.717, 1.165) is 16.9 Å². The molecule has 19 heavy (non-hydrogen) atoms. The molecule has 1 rings (SSSR count). The molecule has 0 saturated carbocycles. The number of methoxy groups -OCH3 is 1. The van der Waals surface area contributed by atoms with Gasteiger partial charge in [-0.2, -0.15) is 0 Å². The van der Waals surface area contributed by atoms with Crippen LogP contribution < -0.4 is 9.47 Å². The van der Waals surface area contributed by atoms with Crippen molar-refractivity contribution in [2.24, 2.45) is 5.41 Å². The standard InChI is InChI=1S/C15H22O4/c1-6-19-12-8-11(9-15(3,4)14(16)17)13(18-5)7-10(12)2/h7-8H,6,9H2,1-5H3,(H,16,17). The Balaban J connectivity index is 3.17. The molecular formula is C15H22O4. The van der Waals surface area contributed by atoms with E-state index in [1.807, 2.05) is 26.0 Å². The molecular weight excluding hydrogens is 244 g/mol. The number of aryl methyl sites for hydroxylation is 1. The Kier molecular flexibility index (Phi) is 4.81. The summed E-state index contributed by atoms with van der Waals surface area (Å²) in [5, 5.41) is 9.22. The topological polar surface area (TPSA) is 55.8 Å². The van der Waals surface area contributed by atoms with Crippen molar-refractivity contribution < 1.29 is 19.4 Å². The third-order valence-corrected chi connectivity index (χ3v) is 3.09. The molecule has 0 aromatic heterocycles. The van der Waals surface area contributed by atoms with Crippen LogP contribution in [-0.2, 0) is 11.2 Å². The number of carbonyl (C=O) groups is 1. The predicted molar refractivity (Wildman–Crippen MR) is 74.0 cm³/mol. The number of ether oxygens (including phenoxy) is 2. The average molecular weight is 266 g/mol. The van der Waals surface area contributed by atoms with E-state index in [1.54, 1.807) is 21.0 Å². The van der Waals surface area contributed by atoms with E-state index in [1.165, 1.54) is 0 Å². The first-order chi connectivity index (χ1) is 8.81. The lowest BCUT2D eigenvalue weighted by molar-refractivity contribution is -0.146. The van der Waals surface area contributed by atoms with Crippen molar-refractivity contribution in [2.75, 3.05) is 13.7 Å². The van der Waals surface area contributed by atoms with E-state index < -0.39 is 11.4 Å². The summed E-state index contributed by atoms with van der Waals surface area (Å²) in [5.74, 6) is 0.655. The molecule has 0 radical (unpaired) electrons. The van der Waals surface area contributed by atoms with Crippen molar-refractivity contribution in [1.82, 2.24) is 0 Å². The van der Waals surface area contributed by atoms with Gasteiger partial charge in [-0.3, -0.25) is 4.79 Å². The zero-order valence-corrected chi connectivity index (χ0v) is 12.2. The van der Waals surface area contributed by atoms with E-state index in [9.17, 15) is 9.90 Å². The summed E-state index contributed by atoms with van der Waals surface area (Å²) < 4.78 is 10.9. The van der Waals surface area contributed by atoms with Crippen LogP contribution in [0.15, 0.2) is 12.1 Å². The summed E-state index contributed by atoms with van der Waals surface area (Å²) in [7, 11) is 1.59. The summed E-state index contributed by atoms with van der Waals surface area (Å²) in [6.07, 6.45) is 0.395. The molecule has 0 atom stereocenters. The van der Waals surface area contributed by atoms with Crippen LogP contribution in [0.4, 0.5) is 0 Å². The molecule has 0 heterocycles. The first kappa shape index (κ1) is 15.3. The second-order valence-corrected chi connectivity index (χ2v) is 5.23. The number of aliphatic carboxylic acids is 1. The molecule has 4 heteroatoms. The highest BCUT2D eigenvalue weighted by molar-refractivity contribution is 5.74. The predicted octanol–water partition coefficient (Wildman–Crippen LogP) is 3.06. The van der Waals surface area contributed by atoms with Gasteiger partial charge < -0.3 is 14.6 Å². The van der Waals surface area contributed by atoms with E-state index in [-0.39, 0.29) is 0 Å². The van der Waals surface area contributed by atoms with Crippen molar-refractivity contribution in [3.05, 3.63) is 23.3 Å². The molecule has 106 valence electrons. The summed E-state index contributed by atoms with van der Waals surface area (Å²) >= 11 is 0. The molecule has 0 aliphatic heterocycles. The summed E-state index contributed by atoms with van der Waals surface area (Å²) in [5.41, 5.74) is 0.992. The second kappa shape index (κ2) is 5.95. The number of benzene rings is 1.